The van der Waals surface area contributed by atoms with Crippen LogP contribution >= 0.6 is 0 Å². The van der Waals surface area contributed by atoms with E-state index in [2.05, 4.69) is 100 Å². The molecule has 2 nitrogen and oxygen atoms in total. The van der Waals surface area contributed by atoms with Crippen molar-refractivity contribution in [3.05, 3.63) is 71.3 Å². The van der Waals surface area contributed by atoms with Gasteiger partial charge in [0, 0.05) is 6.42 Å². The van der Waals surface area contributed by atoms with Crippen molar-refractivity contribution in [1.29, 1.82) is 0 Å². The first-order valence-corrected chi connectivity index (χ1v) is 14.0. The maximum atomic E-state index is 6.31. The fraction of sp³-hybridized carbons (Fsp3) is 0.481. The summed E-state index contributed by atoms with van der Waals surface area (Å²) in [7, 11) is -1.10. The zero-order valence-electron chi connectivity index (χ0n) is 19.4. The van der Waals surface area contributed by atoms with Crippen LogP contribution < -0.4 is 0 Å². The summed E-state index contributed by atoms with van der Waals surface area (Å²) in [5.41, 5.74) is 3.93. The monoisotopic (exact) mass is 422 g/mol. The van der Waals surface area contributed by atoms with Gasteiger partial charge >= 0.3 is 0 Å². The minimum atomic E-state index is -1.10. The molecule has 0 N–H and O–H groups in total. The molecule has 0 heterocycles. The first-order chi connectivity index (χ1) is 14.4. The van der Waals surface area contributed by atoms with Gasteiger partial charge in [-0.25, -0.2) is 0 Å². The number of hydrogen-bond acceptors (Lipinski definition) is 2. The Morgan fingerprint density at radius 2 is 1.57 bits per heavy atom. The second-order valence-electron chi connectivity index (χ2n) is 9.21. The number of unbranched alkanes of at least 4 members (excludes halogenated alkanes) is 2. The van der Waals surface area contributed by atoms with Crippen LogP contribution in [0.5, 0.6) is 0 Å². The van der Waals surface area contributed by atoms with E-state index in [-0.39, 0.29) is 11.5 Å². The third kappa shape index (κ3) is 9.30. The Kier molecular flexibility index (Phi) is 10.4. The third-order valence-corrected chi connectivity index (χ3v) is 5.72. The van der Waals surface area contributed by atoms with E-state index >= 15 is 0 Å². The summed E-state index contributed by atoms with van der Waals surface area (Å²) < 4.78 is 12.0. The molecule has 1 unspecified atom stereocenters. The lowest BCUT2D eigenvalue weighted by atomic mass is 9.84. The van der Waals surface area contributed by atoms with Crippen molar-refractivity contribution in [2.24, 2.45) is 5.41 Å². The molecule has 0 saturated carbocycles. The van der Waals surface area contributed by atoms with E-state index in [0.29, 0.717) is 13.2 Å². The highest BCUT2D eigenvalue weighted by Gasteiger charge is 2.27. The quantitative estimate of drug-likeness (QED) is 0.241. The molecule has 0 spiro atoms. The maximum Gasteiger partial charge on any atom is 0.171 e. The van der Waals surface area contributed by atoms with E-state index in [9.17, 15) is 0 Å². The highest BCUT2D eigenvalue weighted by atomic mass is 28.3. The van der Waals surface area contributed by atoms with Gasteiger partial charge in [-0.3, -0.25) is 0 Å². The minimum absolute atomic E-state index is 0.0893. The molecule has 0 amide bonds. The molecule has 0 radical (unpaired) electrons. The highest BCUT2D eigenvalue weighted by molar-refractivity contribution is 6.48. The molecule has 2 rings (SSSR count). The molecule has 2 aromatic carbocycles. The normalized spacial score (nSPS) is 12.5. The van der Waals surface area contributed by atoms with E-state index in [0.717, 1.165) is 19.3 Å². The Hall–Kier alpha value is -1.86. The largest absolute Gasteiger partial charge is 0.413 e. The van der Waals surface area contributed by atoms with Crippen LogP contribution in [-0.4, -0.2) is 15.6 Å². The van der Waals surface area contributed by atoms with Crippen LogP contribution in [0.25, 0.3) is 0 Å². The van der Waals surface area contributed by atoms with Gasteiger partial charge in [-0.1, -0.05) is 81.3 Å². The Morgan fingerprint density at radius 3 is 2.20 bits per heavy atom. The summed E-state index contributed by atoms with van der Waals surface area (Å²) >= 11 is 0. The van der Waals surface area contributed by atoms with Crippen LogP contribution in [0.4, 0.5) is 0 Å². The molecule has 0 aromatic heterocycles. The minimum Gasteiger partial charge on any atom is -0.413 e. The number of aryl methyl sites for hydroxylation is 1. The molecular formula is C27H38O2Si. The summed E-state index contributed by atoms with van der Waals surface area (Å²) in [6.45, 7) is 12.3. The van der Waals surface area contributed by atoms with Gasteiger partial charge in [-0.05, 0) is 54.5 Å². The van der Waals surface area contributed by atoms with Crippen molar-refractivity contribution in [1.82, 2.24) is 0 Å². The van der Waals surface area contributed by atoms with Crippen molar-refractivity contribution in [2.75, 3.05) is 6.61 Å². The van der Waals surface area contributed by atoms with Crippen LogP contribution in [0.15, 0.2) is 54.6 Å². The Bertz CT molecular complexity index is 780. The van der Waals surface area contributed by atoms with Crippen LogP contribution in [0.2, 0.25) is 13.1 Å². The van der Waals surface area contributed by atoms with Crippen molar-refractivity contribution >= 4 is 9.04 Å². The predicted octanol–water partition coefficient (Wildman–Crippen LogP) is 6.71. The molecule has 0 bridgehead atoms. The maximum absolute atomic E-state index is 6.31. The molecule has 1 atom stereocenters. The summed E-state index contributed by atoms with van der Waals surface area (Å²) in [5.74, 6) is 6.37. The smallest absolute Gasteiger partial charge is 0.171 e. The van der Waals surface area contributed by atoms with Gasteiger partial charge in [0.15, 0.2) is 9.04 Å². The zero-order chi connectivity index (χ0) is 21.8. The average Bonchev–Trinajstić information content (AvgIpc) is 2.71. The zero-order valence-corrected chi connectivity index (χ0v) is 20.6. The summed E-state index contributed by atoms with van der Waals surface area (Å²) in [4.78, 5) is 0. The lowest BCUT2D eigenvalue weighted by molar-refractivity contribution is 0.0865. The number of hydrogen-bond donors (Lipinski definition) is 0. The summed E-state index contributed by atoms with van der Waals surface area (Å²) in [5, 5.41) is 0. The molecule has 162 valence electrons. The van der Waals surface area contributed by atoms with Gasteiger partial charge < -0.3 is 9.16 Å². The molecule has 3 heteroatoms. The van der Waals surface area contributed by atoms with E-state index in [4.69, 9.17) is 9.16 Å². The van der Waals surface area contributed by atoms with E-state index in [1.54, 1.807) is 0 Å². The predicted molar refractivity (Wildman–Crippen MR) is 130 cm³/mol. The van der Waals surface area contributed by atoms with E-state index in [1.165, 1.54) is 23.1 Å². The fourth-order valence-electron chi connectivity index (χ4n) is 3.39. The molecular weight excluding hydrogens is 384 g/mol. The van der Waals surface area contributed by atoms with Crippen molar-refractivity contribution in [2.45, 2.75) is 72.3 Å². The number of rotatable bonds is 10. The van der Waals surface area contributed by atoms with Crippen LogP contribution in [-0.2, 0) is 22.2 Å². The second kappa shape index (κ2) is 12.7. The van der Waals surface area contributed by atoms with Crippen molar-refractivity contribution in [3.8, 4) is 11.8 Å². The van der Waals surface area contributed by atoms with Gasteiger partial charge in [0.1, 0.15) is 6.61 Å². The topological polar surface area (TPSA) is 18.5 Å². The number of ether oxygens (including phenoxy) is 1. The van der Waals surface area contributed by atoms with Crippen LogP contribution in [0, 0.1) is 17.3 Å². The average molecular weight is 423 g/mol. The highest BCUT2D eigenvalue weighted by Crippen LogP contribution is 2.36. The summed E-state index contributed by atoms with van der Waals surface area (Å²) in [6.07, 6.45) is 4.55. The van der Waals surface area contributed by atoms with Gasteiger partial charge in [-0.2, -0.15) is 0 Å². The standard InChI is InChI=1S/C27H38O2Si/c1-27(2,3)26(29-30(4)5)25-19-17-24(18-20-25)22-28-21-13-8-6-7-10-14-23-15-11-9-12-16-23/h9,11-12,15-20,26,30H,6-7,10,14,21-22H2,1-5H3. The molecule has 0 saturated heterocycles. The number of benzene rings is 2. The van der Waals surface area contributed by atoms with Gasteiger partial charge in [0.25, 0.3) is 0 Å². The van der Waals surface area contributed by atoms with E-state index < -0.39 is 9.04 Å². The fourth-order valence-corrected chi connectivity index (χ4v) is 4.50. The van der Waals surface area contributed by atoms with Crippen molar-refractivity contribution in [3.63, 3.8) is 0 Å². The third-order valence-electron chi connectivity index (χ3n) is 4.91. The molecule has 30 heavy (non-hydrogen) atoms. The molecule has 0 aliphatic heterocycles. The Labute approximate surface area is 185 Å². The first-order valence-electron chi connectivity index (χ1n) is 11.2. The van der Waals surface area contributed by atoms with Gasteiger partial charge in [0.2, 0.25) is 0 Å². The van der Waals surface area contributed by atoms with Gasteiger partial charge in [-0.15, -0.1) is 5.92 Å². The van der Waals surface area contributed by atoms with Crippen molar-refractivity contribution < 1.29 is 9.16 Å². The van der Waals surface area contributed by atoms with Crippen LogP contribution in [0.3, 0.4) is 0 Å². The van der Waals surface area contributed by atoms with Crippen LogP contribution in [0.1, 0.15) is 62.8 Å². The molecule has 0 aliphatic carbocycles. The Morgan fingerprint density at radius 1 is 0.867 bits per heavy atom. The Balaban J connectivity index is 1.67. The van der Waals surface area contributed by atoms with E-state index in [1.807, 2.05) is 0 Å². The van der Waals surface area contributed by atoms with Gasteiger partial charge in [0.05, 0.1) is 12.7 Å². The lowest BCUT2D eigenvalue weighted by Gasteiger charge is -2.33. The second-order valence-corrected chi connectivity index (χ2v) is 11.6. The molecule has 0 fully saturated rings. The lowest BCUT2D eigenvalue weighted by Crippen LogP contribution is -2.25. The molecule has 0 aliphatic rings. The first kappa shape index (κ1) is 24.4. The molecule has 2 aromatic rings. The SMILES string of the molecule is C[SiH](C)OC(c1ccc(COCC#CCCCCc2ccccc2)cc1)C(C)(C)C. The summed E-state index contributed by atoms with van der Waals surface area (Å²) in [6, 6.07) is 19.3.